The van der Waals surface area contributed by atoms with Crippen LogP contribution in [0, 0.1) is 5.92 Å². The van der Waals surface area contributed by atoms with Crippen molar-refractivity contribution in [2.75, 3.05) is 0 Å². The van der Waals surface area contributed by atoms with Crippen LogP contribution in [0.4, 0.5) is 0 Å². The van der Waals surface area contributed by atoms with Gasteiger partial charge in [0.15, 0.2) is 5.78 Å². The molecule has 0 bridgehead atoms. The molecule has 0 saturated heterocycles. The zero-order valence-electron chi connectivity index (χ0n) is 12.5. The molecule has 1 saturated carbocycles. The predicted molar refractivity (Wildman–Crippen MR) is 81.7 cm³/mol. The molecule has 0 heterocycles. The Morgan fingerprint density at radius 1 is 1.26 bits per heavy atom. The van der Waals surface area contributed by atoms with E-state index in [0.29, 0.717) is 5.78 Å². The van der Waals surface area contributed by atoms with Crippen LogP contribution < -0.4 is 5.73 Å². The Morgan fingerprint density at radius 2 is 1.95 bits per heavy atom. The molecule has 0 amide bonds. The summed E-state index contributed by atoms with van der Waals surface area (Å²) in [6.07, 6.45) is 12.0. The van der Waals surface area contributed by atoms with Crippen LogP contribution in [0.25, 0.3) is 0 Å². The fourth-order valence-electron chi connectivity index (χ4n) is 2.32. The smallest absolute Gasteiger partial charge is 0.165 e. The van der Waals surface area contributed by atoms with Crippen molar-refractivity contribution >= 4 is 5.78 Å². The highest BCUT2D eigenvalue weighted by atomic mass is 16.1. The largest absolute Gasteiger partial charge is 0.399 e. The molecule has 0 aromatic heterocycles. The highest BCUT2D eigenvalue weighted by Crippen LogP contribution is 2.31. The van der Waals surface area contributed by atoms with Gasteiger partial charge in [-0.1, -0.05) is 38.3 Å². The van der Waals surface area contributed by atoms with Gasteiger partial charge in [-0.25, -0.2) is 0 Å². The van der Waals surface area contributed by atoms with Crippen LogP contribution in [0.2, 0.25) is 0 Å². The Hall–Kier alpha value is -1.31. The average Bonchev–Trinajstić information content (AvgIpc) is 2.27. The van der Waals surface area contributed by atoms with Crippen LogP contribution in [-0.2, 0) is 4.79 Å². The second-order valence-electron chi connectivity index (χ2n) is 5.38. The van der Waals surface area contributed by atoms with Crippen molar-refractivity contribution in [3.05, 3.63) is 35.1 Å². The van der Waals surface area contributed by atoms with E-state index in [9.17, 15) is 4.79 Å². The summed E-state index contributed by atoms with van der Waals surface area (Å²) >= 11 is 0. The van der Waals surface area contributed by atoms with Crippen molar-refractivity contribution in [3.8, 4) is 0 Å². The molecule has 0 unspecified atom stereocenters. The highest BCUT2D eigenvalue weighted by molar-refractivity contribution is 6.00. The van der Waals surface area contributed by atoms with Crippen LogP contribution in [-0.4, -0.2) is 5.78 Å². The molecule has 106 valence electrons. The molecule has 0 radical (unpaired) electrons. The number of Topliss-reactive ketones (excluding diaryl/α,β-unsaturated/α-hetero) is 1. The molecule has 0 atom stereocenters. The number of hydrogen-bond donors (Lipinski definition) is 1. The fraction of sp³-hybridized carbons (Fsp3) is 0.588. The standard InChI is InChI=1S/C17H27NO/c1-4-7-13(3)16(12-11-15(18)8-5-2)17(19)14-9-6-10-14/h8,11-12,14H,4-7,9-10,18H2,1-3H3/b12-11-,15-8-,16-13-. The molecule has 0 aliphatic heterocycles. The first-order valence-electron chi connectivity index (χ1n) is 7.47. The van der Waals surface area contributed by atoms with Gasteiger partial charge < -0.3 is 5.73 Å². The Kier molecular flexibility index (Phi) is 6.61. The number of rotatable bonds is 7. The molecule has 1 aliphatic carbocycles. The first-order chi connectivity index (χ1) is 9.10. The van der Waals surface area contributed by atoms with E-state index in [0.717, 1.165) is 43.4 Å². The summed E-state index contributed by atoms with van der Waals surface area (Å²) in [5, 5.41) is 0. The molecule has 1 rings (SSSR count). The lowest BCUT2D eigenvalue weighted by Crippen LogP contribution is -2.23. The van der Waals surface area contributed by atoms with Crippen LogP contribution in [0.15, 0.2) is 35.1 Å². The molecule has 19 heavy (non-hydrogen) atoms. The molecule has 0 aromatic carbocycles. The van der Waals surface area contributed by atoms with Gasteiger partial charge in [0.2, 0.25) is 0 Å². The van der Waals surface area contributed by atoms with E-state index in [4.69, 9.17) is 5.73 Å². The van der Waals surface area contributed by atoms with Crippen LogP contribution >= 0.6 is 0 Å². The van der Waals surface area contributed by atoms with Crippen molar-refractivity contribution in [1.29, 1.82) is 0 Å². The topological polar surface area (TPSA) is 43.1 Å². The number of carbonyl (C=O) groups excluding carboxylic acids is 1. The molecular weight excluding hydrogens is 234 g/mol. The zero-order chi connectivity index (χ0) is 14.3. The van der Waals surface area contributed by atoms with Crippen molar-refractivity contribution < 1.29 is 4.79 Å². The summed E-state index contributed by atoms with van der Waals surface area (Å²) < 4.78 is 0. The van der Waals surface area contributed by atoms with Gasteiger partial charge in [-0.05, 0) is 44.8 Å². The normalized spacial score (nSPS) is 18.4. The Balaban J connectivity index is 2.89. The third-order valence-corrected chi connectivity index (χ3v) is 3.71. The SMILES string of the molecule is CC/C=C(N)/C=C\C(C(=O)C1CCC1)=C(/C)CCC. The summed E-state index contributed by atoms with van der Waals surface area (Å²) in [6.45, 7) is 6.27. The van der Waals surface area contributed by atoms with Crippen LogP contribution in [0.3, 0.4) is 0 Å². The Labute approximate surface area is 117 Å². The molecule has 1 fully saturated rings. The number of nitrogens with two attached hydrogens (primary N) is 1. The first kappa shape index (κ1) is 15.7. The van der Waals surface area contributed by atoms with Gasteiger partial charge in [-0.15, -0.1) is 0 Å². The quantitative estimate of drug-likeness (QED) is 0.549. The summed E-state index contributed by atoms with van der Waals surface area (Å²) in [4.78, 5) is 12.4. The van der Waals surface area contributed by atoms with E-state index < -0.39 is 0 Å². The number of allylic oxidation sites excluding steroid dienone is 5. The third-order valence-electron chi connectivity index (χ3n) is 3.71. The zero-order valence-corrected chi connectivity index (χ0v) is 12.5. The van der Waals surface area contributed by atoms with E-state index in [2.05, 4.69) is 20.8 Å². The summed E-state index contributed by atoms with van der Waals surface area (Å²) in [5.74, 6) is 0.570. The average molecular weight is 261 g/mol. The van der Waals surface area contributed by atoms with Crippen molar-refractivity contribution in [1.82, 2.24) is 0 Å². The van der Waals surface area contributed by atoms with E-state index in [1.165, 1.54) is 12.0 Å². The van der Waals surface area contributed by atoms with Gasteiger partial charge in [0, 0.05) is 17.2 Å². The van der Waals surface area contributed by atoms with Gasteiger partial charge >= 0.3 is 0 Å². The Bertz CT molecular complexity index is 397. The van der Waals surface area contributed by atoms with E-state index >= 15 is 0 Å². The second-order valence-corrected chi connectivity index (χ2v) is 5.38. The van der Waals surface area contributed by atoms with E-state index in [1.54, 1.807) is 0 Å². The maximum atomic E-state index is 12.4. The van der Waals surface area contributed by atoms with Crippen molar-refractivity contribution in [2.45, 2.75) is 59.3 Å². The van der Waals surface area contributed by atoms with Crippen LogP contribution in [0.1, 0.15) is 59.3 Å². The van der Waals surface area contributed by atoms with Crippen molar-refractivity contribution in [2.24, 2.45) is 11.7 Å². The van der Waals surface area contributed by atoms with Crippen LogP contribution in [0.5, 0.6) is 0 Å². The van der Waals surface area contributed by atoms with E-state index in [-0.39, 0.29) is 5.92 Å². The monoisotopic (exact) mass is 261 g/mol. The lowest BCUT2D eigenvalue weighted by molar-refractivity contribution is -0.121. The van der Waals surface area contributed by atoms with E-state index in [1.807, 2.05) is 18.2 Å². The number of ketones is 1. The van der Waals surface area contributed by atoms with Crippen molar-refractivity contribution in [3.63, 3.8) is 0 Å². The van der Waals surface area contributed by atoms with Gasteiger partial charge in [0.05, 0.1) is 0 Å². The van der Waals surface area contributed by atoms with Gasteiger partial charge in [0.25, 0.3) is 0 Å². The maximum Gasteiger partial charge on any atom is 0.165 e. The predicted octanol–water partition coefficient (Wildman–Crippen LogP) is 4.28. The number of hydrogen-bond acceptors (Lipinski definition) is 2. The fourth-order valence-corrected chi connectivity index (χ4v) is 2.32. The molecule has 2 N–H and O–H groups in total. The summed E-state index contributed by atoms with van der Waals surface area (Å²) in [5.41, 5.74) is 8.69. The van der Waals surface area contributed by atoms with Gasteiger partial charge in [-0.2, -0.15) is 0 Å². The molecule has 0 spiro atoms. The molecule has 1 aliphatic rings. The minimum absolute atomic E-state index is 0.253. The highest BCUT2D eigenvalue weighted by Gasteiger charge is 2.27. The molecule has 0 aromatic rings. The molecule has 2 heteroatoms. The minimum Gasteiger partial charge on any atom is -0.399 e. The number of carbonyl (C=O) groups is 1. The summed E-state index contributed by atoms with van der Waals surface area (Å²) in [7, 11) is 0. The first-order valence-corrected chi connectivity index (χ1v) is 7.47. The summed E-state index contributed by atoms with van der Waals surface area (Å²) in [6, 6.07) is 0. The lowest BCUT2D eigenvalue weighted by Gasteiger charge is -2.25. The third kappa shape index (κ3) is 4.70. The minimum atomic E-state index is 0.253. The molecular formula is C17H27NO. The molecule has 2 nitrogen and oxygen atoms in total. The lowest BCUT2D eigenvalue weighted by atomic mass is 9.78. The Morgan fingerprint density at radius 3 is 2.42 bits per heavy atom. The maximum absolute atomic E-state index is 12.4. The van der Waals surface area contributed by atoms with Gasteiger partial charge in [-0.3, -0.25) is 4.79 Å². The second kappa shape index (κ2) is 7.98. The van der Waals surface area contributed by atoms with Gasteiger partial charge in [0.1, 0.15) is 0 Å².